The van der Waals surface area contributed by atoms with E-state index in [1.807, 2.05) is 30.3 Å². The quantitative estimate of drug-likeness (QED) is 0.178. The molecule has 0 fully saturated rings. The molecule has 170 valence electrons. The Morgan fingerprint density at radius 3 is 1.87 bits per heavy atom. The number of carbonyl (C=O) groups excluding carboxylic acids is 2. The zero-order valence-electron chi connectivity index (χ0n) is 18.7. The Morgan fingerprint density at radius 1 is 0.733 bits per heavy atom. The highest BCUT2D eigenvalue weighted by Crippen LogP contribution is 2.11. The molecule has 0 atom stereocenters. The van der Waals surface area contributed by atoms with Crippen molar-refractivity contribution in [2.24, 2.45) is 0 Å². The molecule has 0 amide bonds. The van der Waals surface area contributed by atoms with Gasteiger partial charge in [-0.2, -0.15) is 11.8 Å². The summed E-state index contributed by atoms with van der Waals surface area (Å²) in [7, 11) is 0. The molecule has 0 saturated carbocycles. The van der Waals surface area contributed by atoms with Gasteiger partial charge in [0.15, 0.2) is 0 Å². The standard InChI is InChI=1S/C25H40O4S/c1-2-3-4-5-6-7-8-9-10-14-19-28-24(26)17-20-30-21-18-25(27)29-22-23-15-12-11-13-16-23/h11-13,15-16H,2-10,14,17-22H2,1H3. The van der Waals surface area contributed by atoms with Gasteiger partial charge in [0.1, 0.15) is 6.61 Å². The first kappa shape index (κ1) is 26.5. The molecule has 1 aromatic rings. The Labute approximate surface area is 187 Å². The molecule has 1 aromatic carbocycles. The van der Waals surface area contributed by atoms with Crippen LogP contribution in [-0.4, -0.2) is 30.1 Å². The molecule has 0 N–H and O–H groups in total. The van der Waals surface area contributed by atoms with Gasteiger partial charge in [0.25, 0.3) is 0 Å². The summed E-state index contributed by atoms with van der Waals surface area (Å²) in [6, 6.07) is 9.65. The van der Waals surface area contributed by atoms with Crippen LogP contribution in [0.4, 0.5) is 0 Å². The van der Waals surface area contributed by atoms with Crippen molar-refractivity contribution < 1.29 is 19.1 Å². The van der Waals surface area contributed by atoms with Crippen molar-refractivity contribution in [2.75, 3.05) is 18.1 Å². The maximum absolute atomic E-state index is 11.7. The highest BCUT2D eigenvalue weighted by molar-refractivity contribution is 7.99. The minimum absolute atomic E-state index is 0.134. The minimum Gasteiger partial charge on any atom is -0.466 e. The molecule has 1 rings (SSSR count). The van der Waals surface area contributed by atoms with Crippen molar-refractivity contribution in [2.45, 2.75) is 90.6 Å². The van der Waals surface area contributed by atoms with E-state index in [2.05, 4.69) is 6.92 Å². The maximum atomic E-state index is 11.7. The Morgan fingerprint density at radius 2 is 1.27 bits per heavy atom. The first-order valence-electron chi connectivity index (χ1n) is 11.6. The number of hydrogen-bond donors (Lipinski definition) is 0. The van der Waals surface area contributed by atoms with E-state index >= 15 is 0 Å². The number of thioether (sulfide) groups is 1. The zero-order valence-corrected chi connectivity index (χ0v) is 19.6. The molecule has 0 aliphatic rings. The van der Waals surface area contributed by atoms with E-state index in [0.29, 0.717) is 37.6 Å². The lowest BCUT2D eigenvalue weighted by Gasteiger charge is -2.06. The highest BCUT2D eigenvalue weighted by atomic mass is 32.2. The molecule has 0 aliphatic carbocycles. The predicted molar refractivity (Wildman–Crippen MR) is 126 cm³/mol. The van der Waals surface area contributed by atoms with Crippen molar-refractivity contribution in [1.29, 1.82) is 0 Å². The fraction of sp³-hybridized carbons (Fsp3) is 0.680. The number of rotatable bonds is 19. The number of carbonyl (C=O) groups is 2. The first-order valence-corrected chi connectivity index (χ1v) is 12.8. The van der Waals surface area contributed by atoms with Gasteiger partial charge in [-0.25, -0.2) is 0 Å². The molecular weight excluding hydrogens is 396 g/mol. The molecule has 0 bridgehead atoms. The molecule has 5 heteroatoms. The summed E-state index contributed by atoms with van der Waals surface area (Å²) in [6.07, 6.45) is 13.5. The lowest BCUT2D eigenvalue weighted by atomic mass is 10.1. The molecule has 0 unspecified atom stereocenters. The normalized spacial score (nSPS) is 10.7. The molecule has 30 heavy (non-hydrogen) atoms. The summed E-state index contributed by atoms with van der Waals surface area (Å²) in [5.41, 5.74) is 0.989. The Hall–Kier alpha value is -1.49. The molecule has 0 saturated heterocycles. The number of esters is 2. The van der Waals surface area contributed by atoms with Gasteiger partial charge in [-0.3, -0.25) is 9.59 Å². The summed E-state index contributed by atoms with van der Waals surface area (Å²) in [5.74, 6) is 1.02. The summed E-state index contributed by atoms with van der Waals surface area (Å²) in [5, 5.41) is 0. The third-order valence-corrected chi connectivity index (χ3v) is 5.89. The summed E-state index contributed by atoms with van der Waals surface area (Å²) >= 11 is 1.59. The third kappa shape index (κ3) is 16.3. The van der Waals surface area contributed by atoms with Crippen molar-refractivity contribution in [3.63, 3.8) is 0 Å². The van der Waals surface area contributed by atoms with Gasteiger partial charge < -0.3 is 9.47 Å². The number of ether oxygens (including phenoxy) is 2. The fourth-order valence-corrected chi connectivity index (χ4v) is 3.90. The van der Waals surface area contributed by atoms with Gasteiger partial charge >= 0.3 is 11.9 Å². The summed E-state index contributed by atoms with van der Waals surface area (Å²) in [6.45, 7) is 3.10. The molecule has 0 aliphatic heterocycles. The second-order valence-electron chi connectivity index (χ2n) is 7.66. The topological polar surface area (TPSA) is 52.6 Å². The Bertz CT molecular complexity index is 547. The molecule has 0 spiro atoms. The van der Waals surface area contributed by atoms with Crippen LogP contribution in [0, 0.1) is 0 Å². The van der Waals surface area contributed by atoms with E-state index in [9.17, 15) is 9.59 Å². The van der Waals surface area contributed by atoms with Crippen LogP contribution in [0.3, 0.4) is 0 Å². The molecule has 0 heterocycles. The van der Waals surface area contributed by atoms with Gasteiger partial charge in [-0.15, -0.1) is 0 Å². The maximum Gasteiger partial charge on any atom is 0.306 e. The van der Waals surface area contributed by atoms with Crippen LogP contribution in [0.2, 0.25) is 0 Å². The average Bonchev–Trinajstić information content (AvgIpc) is 2.76. The van der Waals surface area contributed by atoms with Gasteiger partial charge in [-0.1, -0.05) is 95.0 Å². The van der Waals surface area contributed by atoms with Gasteiger partial charge in [0.2, 0.25) is 0 Å². The highest BCUT2D eigenvalue weighted by Gasteiger charge is 2.06. The first-order chi connectivity index (χ1) is 14.7. The lowest BCUT2D eigenvalue weighted by molar-refractivity contribution is -0.144. The zero-order chi connectivity index (χ0) is 21.7. The number of benzene rings is 1. The van der Waals surface area contributed by atoms with Crippen molar-refractivity contribution in [3.8, 4) is 0 Å². The smallest absolute Gasteiger partial charge is 0.306 e. The van der Waals surface area contributed by atoms with Crippen LogP contribution in [0.5, 0.6) is 0 Å². The second kappa shape index (κ2) is 19.5. The minimum atomic E-state index is -0.199. The van der Waals surface area contributed by atoms with Crippen molar-refractivity contribution in [3.05, 3.63) is 35.9 Å². The van der Waals surface area contributed by atoms with Crippen LogP contribution < -0.4 is 0 Å². The summed E-state index contributed by atoms with van der Waals surface area (Å²) < 4.78 is 10.5. The van der Waals surface area contributed by atoms with Crippen LogP contribution >= 0.6 is 11.8 Å². The summed E-state index contributed by atoms with van der Waals surface area (Å²) in [4.78, 5) is 23.4. The molecular formula is C25H40O4S. The third-order valence-electron chi connectivity index (χ3n) is 4.90. The average molecular weight is 437 g/mol. The fourth-order valence-electron chi connectivity index (χ4n) is 3.07. The van der Waals surface area contributed by atoms with Gasteiger partial charge in [-0.05, 0) is 12.0 Å². The van der Waals surface area contributed by atoms with E-state index in [1.165, 1.54) is 51.4 Å². The lowest BCUT2D eigenvalue weighted by Crippen LogP contribution is -2.08. The van der Waals surface area contributed by atoms with Crippen LogP contribution in [0.15, 0.2) is 30.3 Å². The van der Waals surface area contributed by atoms with Gasteiger partial charge in [0, 0.05) is 11.5 Å². The van der Waals surface area contributed by atoms with E-state index in [1.54, 1.807) is 11.8 Å². The monoisotopic (exact) mass is 436 g/mol. The molecule has 0 radical (unpaired) electrons. The van der Waals surface area contributed by atoms with Crippen LogP contribution in [0.1, 0.15) is 89.5 Å². The van der Waals surface area contributed by atoms with E-state index < -0.39 is 0 Å². The Kier molecular flexibility index (Phi) is 17.2. The van der Waals surface area contributed by atoms with E-state index in [-0.39, 0.29) is 11.9 Å². The van der Waals surface area contributed by atoms with Gasteiger partial charge in [0.05, 0.1) is 19.4 Å². The SMILES string of the molecule is CCCCCCCCCCCCOC(=O)CCSCCC(=O)OCc1ccccc1. The predicted octanol–water partition coefficient (Wildman–Crippen LogP) is 6.71. The van der Waals surface area contributed by atoms with E-state index in [4.69, 9.17) is 9.47 Å². The Balaban J connectivity index is 1.83. The van der Waals surface area contributed by atoms with Crippen molar-refractivity contribution in [1.82, 2.24) is 0 Å². The largest absolute Gasteiger partial charge is 0.466 e. The molecule has 4 nitrogen and oxygen atoms in total. The second-order valence-corrected chi connectivity index (χ2v) is 8.89. The number of hydrogen-bond acceptors (Lipinski definition) is 5. The molecule has 0 aromatic heterocycles. The van der Waals surface area contributed by atoms with E-state index in [0.717, 1.165) is 18.4 Å². The van der Waals surface area contributed by atoms with Crippen LogP contribution in [-0.2, 0) is 25.7 Å². The number of unbranched alkanes of at least 4 members (excludes halogenated alkanes) is 9. The van der Waals surface area contributed by atoms with Crippen LogP contribution in [0.25, 0.3) is 0 Å². The van der Waals surface area contributed by atoms with Crippen molar-refractivity contribution >= 4 is 23.7 Å².